The van der Waals surface area contributed by atoms with Gasteiger partial charge in [0.15, 0.2) is 5.96 Å². The molecule has 2 aliphatic rings. The van der Waals surface area contributed by atoms with Crippen molar-refractivity contribution < 1.29 is 13.2 Å². The Labute approximate surface area is 150 Å². The molecule has 7 nitrogen and oxygen atoms in total. The lowest BCUT2D eigenvalue weighted by molar-refractivity contribution is 0.0731. The van der Waals surface area contributed by atoms with Crippen LogP contribution in [0.4, 0.5) is 0 Å². The highest BCUT2D eigenvalue weighted by molar-refractivity contribution is 14.0. The normalized spacial score (nSPS) is 22.1. The van der Waals surface area contributed by atoms with Gasteiger partial charge in [-0.3, -0.25) is 4.99 Å². The number of sulfonamides is 1. The van der Waals surface area contributed by atoms with E-state index >= 15 is 0 Å². The van der Waals surface area contributed by atoms with Gasteiger partial charge in [0.1, 0.15) is 0 Å². The number of rotatable bonds is 5. The van der Waals surface area contributed by atoms with Crippen LogP contribution >= 0.6 is 24.0 Å². The predicted molar refractivity (Wildman–Crippen MR) is 98.1 cm³/mol. The van der Waals surface area contributed by atoms with Gasteiger partial charge in [0, 0.05) is 19.1 Å². The summed E-state index contributed by atoms with van der Waals surface area (Å²) < 4.78 is 30.8. The van der Waals surface area contributed by atoms with Crippen molar-refractivity contribution in [3.8, 4) is 0 Å². The summed E-state index contributed by atoms with van der Waals surface area (Å²) in [7, 11) is -3.25. The van der Waals surface area contributed by atoms with E-state index in [1.807, 2.05) is 0 Å². The zero-order valence-electron chi connectivity index (χ0n) is 12.9. The molecule has 0 aromatic heterocycles. The molecule has 1 aliphatic heterocycles. The lowest BCUT2D eigenvalue weighted by Gasteiger charge is -2.25. The van der Waals surface area contributed by atoms with Crippen LogP contribution in [0.15, 0.2) is 4.99 Å². The minimum absolute atomic E-state index is 0. The summed E-state index contributed by atoms with van der Waals surface area (Å²) in [5.41, 5.74) is 5.82. The Morgan fingerprint density at radius 1 is 1.23 bits per heavy atom. The molecular formula is C13H27IN4O3S. The van der Waals surface area contributed by atoms with Gasteiger partial charge in [0.2, 0.25) is 10.0 Å². The minimum atomic E-state index is -3.25. The second kappa shape index (κ2) is 9.89. The maximum absolute atomic E-state index is 12.1. The van der Waals surface area contributed by atoms with Crippen LogP contribution in [0.25, 0.3) is 0 Å². The Balaban J connectivity index is 0.00000242. The van der Waals surface area contributed by atoms with Gasteiger partial charge in [-0.2, -0.15) is 4.31 Å². The molecule has 0 aromatic carbocycles. The zero-order valence-corrected chi connectivity index (χ0v) is 16.0. The summed E-state index contributed by atoms with van der Waals surface area (Å²) >= 11 is 0. The maximum Gasteiger partial charge on any atom is 0.216 e. The van der Waals surface area contributed by atoms with E-state index in [0.29, 0.717) is 38.3 Å². The van der Waals surface area contributed by atoms with E-state index in [0.717, 1.165) is 12.8 Å². The summed E-state index contributed by atoms with van der Waals surface area (Å²) in [4.78, 5) is 4.14. The smallest absolute Gasteiger partial charge is 0.216 e. The summed E-state index contributed by atoms with van der Waals surface area (Å²) in [6.07, 6.45) is 5.95. The van der Waals surface area contributed by atoms with E-state index in [-0.39, 0.29) is 36.3 Å². The van der Waals surface area contributed by atoms with E-state index in [4.69, 9.17) is 10.5 Å². The molecule has 0 atom stereocenters. The number of halogens is 1. The summed E-state index contributed by atoms with van der Waals surface area (Å²) in [6, 6.07) is 0.387. The van der Waals surface area contributed by atoms with Crippen molar-refractivity contribution in [2.45, 2.75) is 38.1 Å². The first kappa shape index (κ1) is 19.9. The van der Waals surface area contributed by atoms with Crippen molar-refractivity contribution in [1.29, 1.82) is 0 Å². The number of morpholine rings is 1. The van der Waals surface area contributed by atoms with Gasteiger partial charge < -0.3 is 15.8 Å². The SMILES string of the molecule is I.NC(=NCCS(=O)(=O)N1CCOCC1)NC1CCCCC1. The Morgan fingerprint density at radius 2 is 1.86 bits per heavy atom. The minimum Gasteiger partial charge on any atom is -0.379 e. The van der Waals surface area contributed by atoms with Crippen LogP contribution in [0.3, 0.4) is 0 Å². The monoisotopic (exact) mass is 446 g/mol. The fourth-order valence-corrected chi connectivity index (χ4v) is 4.02. The number of nitrogens with zero attached hydrogens (tertiary/aromatic N) is 2. The molecule has 0 unspecified atom stereocenters. The number of guanidine groups is 1. The molecule has 2 rings (SSSR count). The Bertz CT molecular complexity index is 446. The molecule has 1 saturated carbocycles. The van der Waals surface area contributed by atoms with Gasteiger partial charge in [-0.15, -0.1) is 24.0 Å². The number of hydrogen-bond donors (Lipinski definition) is 2. The molecule has 0 spiro atoms. The van der Waals surface area contributed by atoms with Crippen molar-refractivity contribution in [2.75, 3.05) is 38.6 Å². The fourth-order valence-electron chi connectivity index (χ4n) is 2.74. The third-order valence-electron chi connectivity index (χ3n) is 3.95. The first-order valence-corrected chi connectivity index (χ1v) is 9.31. The average Bonchev–Trinajstić information content (AvgIpc) is 2.49. The van der Waals surface area contributed by atoms with E-state index < -0.39 is 10.0 Å². The van der Waals surface area contributed by atoms with Crippen LogP contribution < -0.4 is 11.1 Å². The largest absolute Gasteiger partial charge is 0.379 e. The van der Waals surface area contributed by atoms with Crippen LogP contribution in [-0.2, 0) is 14.8 Å². The molecule has 1 aliphatic carbocycles. The van der Waals surface area contributed by atoms with Gasteiger partial charge in [-0.25, -0.2) is 8.42 Å². The highest BCUT2D eigenvalue weighted by Gasteiger charge is 2.23. The number of aliphatic imine (C=N–C) groups is 1. The molecule has 0 aromatic rings. The summed E-state index contributed by atoms with van der Waals surface area (Å²) in [6.45, 7) is 2.00. The third kappa shape index (κ3) is 6.55. The van der Waals surface area contributed by atoms with Gasteiger partial charge in [0.25, 0.3) is 0 Å². The topological polar surface area (TPSA) is 97.0 Å². The lowest BCUT2D eigenvalue weighted by atomic mass is 9.96. The summed E-state index contributed by atoms with van der Waals surface area (Å²) in [5, 5.41) is 3.18. The Hall–Kier alpha value is -0.130. The van der Waals surface area contributed by atoms with Gasteiger partial charge in [0.05, 0.1) is 25.5 Å². The van der Waals surface area contributed by atoms with Crippen molar-refractivity contribution >= 4 is 40.0 Å². The Kier molecular flexibility index (Phi) is 8.95. The molecule has 0 amide bonds. The molecule has 9 heteroatoms. The number of ether oxygens (including phenoxy) is 1. The third-order valence-corrected chi connectivity index (χ3v) is 5.80. The van der Waals surface area contributed by atoms with Crippen LogP contribution in [0.2, 0.25) is 0 Å². The molecule has 0 bridgehead atoms. The molecule has 1 heterocycles. The number of nitrogens with two attached hydrogens (primary N) is 1. The molecular weight excluding hydrogens is 419 g/mol. The molecule has 22 heavy (non-hydrogen) atoms. The highest BCUT2D eigenvalue weighted by Crippen LogP contribution is 2.17. The van der Waals surface area contributed by atoms with Gasteiger partial charge in [-0.1, -0.05) is 19.3 Å². The van der Waals surface area contributed by atoms with Crippen molar-refractivity contribution in [1.82, 2.24) is 9.62 Å². The summed E-state index contributed by atoms with van der Waals surface area (Å²) in [5.74, 6) is 0.360. The molecule has 3 N–H and O–H groups in total. The molecule has 130 valence electrons. The highest BCUT2D eigenvalue weighted by atomic mass is 127. The fraction of sp³-hybridized carbons (Fsp3) is 0.923. The quantitative estimate of drug-likeness (QED) is 0.364. The van der Waals surface area contributed by atoms with Crippen LogP contribution in [0.1, 0.15) is 32.1 Å². The van der Waals surface area contributed by atoms with E-state index in [9.17, 15) is 8.42 Å². The van der Waals surface area contributed by atoms with Crippen molar-refractivity contribution in [2.24, 2.45) is 10.7 Å². The molecule has 2 fully saturated rings. The van der Waals surface area contributed by atoms with Gasteiger partial charge >= 0.3 is 0 Å². The molecule has 0 radical (unpaired) electrons. The first-order valence-electron chi connectivity index (χ1n) is 7.70. The maximum atomic E-state index is 12.1. The second-order valence-electron chi connectivity index (χ2n) is 5.57. The van der Waals surface area contributed by atoms with Crippen LogP contribution in [0.5, 0.6) is 0 Å². The van der Waals surface area contributed by atoms with E-state index in [1.54, 1.807) is 0 Å². The lowest BCUT2D eigenvalue weighted by Crippen LogP contribution is -2.43. The Morgan fingerprint density at radius 3 is 2.50 bits per heavy atom. The van der Waals surface area contributed by atoms with Crippen molar-refractivity contribution in [3.05, 3.63) is 0 Å². The average molecular weight is 446 g/mol. The predicted octanol–water partition coefficient (Wildman–Crippen LogP) is 0.503. The number of hydrogen-bond acceptors (Lipinski definition) is 4. The van der Waals surface area contributed by atoms with Crippen molar-refractivity contribution in [3.63, 3.8) is 0 Å². The van der Waals surface area contributed by atoms with E-state index in [1.165, 1.54) is 23.6 Å². The van der Waals surface area contributed by atoms with Crippen LogP contribution in [0, 0.1) is 0 Å². The zero-order chi connectivity index (χ0) is 15.1. The standard InChI is InChI=1S/C13H26N4O3S.HI/c14-13(16-12-4-2-1-3-5-12)15-6-11-21(18,19)17-7-9-20-10-8-17;/h12H,1-11H2,(H3,14,15,16);1H. The molecule has 1 saturated heterocycles. The van der Waals surface area contributed by atoms with E-state index in [2.05, 4.69) is 10.3 Å². The number of nitrogens with one attached hydrogen (secondary N) is 1. The first-order chi connectivity index (χ1) is 10.1. The van der Waals surface area contributed by atoms with Gasteiger partial charge in [-0.05, 0) is 12.8 Å². The van der Waals surface area contributed by atoms with Crippen LogP contribution in [-0.4, -0.2) is 63.3 Å². The second-order valence-corrected chi connectivity index (χ2v) is 7.66.